The molecule has 0 N–H and O–H groups in total. The summed E-state index contributed by atoms with van der Waals surface area (Å²) in [5.74, 6) is -1.59. The second kappa shape index (κ2) is 4.50. The Kier molecular flexibility index (Phi) is 3.32. The fourth-order valence-corrected chi connectivity index (χ4v) is 2.47. The summed E-state index contributed by atoms with van der Waals surface area (Å²) in [7, 11) is 1.35. The number of hydrogen-bond donors (Lipinski definition) is 0. The number of hydrogen-bond acceptors (Lipinski definition) is 2. The average Bonchev–Trinajstić information content (AvgIpc) is 2.58. The van der Waals surface area contributed by atoms with E-state index in [1.165, 1.54) is 7.11 Å². The van der Waals surface area contributed by atoms with Crippen LogP contribution in [-0.2, 0) is 4.74 Å². The highest BCUT2D eigenvalue weighted by molar-refractivity contribution is 5.39. The molecule has 0 spiro atoms. The van der Waals surface area contributed by atoms with Crippen LogP contribution >= 0.6 is 0 Å². The molecule has 18 heavy (non-hydrogen) atoms. The van der Waals surface area contributed by atoms with Crippen molar-refractivity contribution in [2.24, 2.45) is 5.92 Å². The van der Waals surface area contributed by atoms with Crippen molar-refractivity contribution in [2.75, 3.05) is 13.7 Å². The predicted molar refractivity (Wildman–Crippen MR) is 64.8 cm³/mol. The van der Waals surface area contributed by atoms with Crippen molar-refractivity contribution in [3.63, 3.8) is 0 Å². The summed E-state index contributed by atoms with van der Waals surface area (Å²) in [6, 6.07) is 2.73. The lowest BCUT2D eigenvalue weighted by molar-refractivity contribution is 0.0153. The third-order valence-electron chi connectivity index (χ3n) is 4.02. The van der Waals surface area contributed by atoms with Gasteiger partial charge in [-0.05, 0) is 25.8 Å². The maximum atomic E-state index is 13.7. The van der Waals surface area contributed by atoms with E-state index in [9.17, 15) is 8.78 Å². The second-order valence-electron chi connectivity index (χ2n) is 5.29. The summed E-state index contributed by atoms with van der Waals surface area (Å²) in [5, 5.41) is 0. The van der Waals surface area contributed by atoms with E-state index in [2.05, 4.69) is 6.92 Å². The Morgan fingerprint density at radius 3 is 2.50 bits per heavy atom. The van der Waals surface area contributed by atoms with Gasteiger partial charge in [-0.1, -0.05) is 13.0 Å². The molecule has 0 bridgehead atoms. The summed E-state index contributed by atoms with van der Waals surface area (Å²) in [6.45, 7) is 6.56. The number of rotatable bonds is 2. The van der Waals surface area contributed by atoms with Gasteiger partial charge >= 0.3 is 0 Å². The Labute approximate surface area is 106 Å². The van der Waals surface area contributed by atoms with Gasteiger partial charge in [-0.25, -0.2) is 4.39 Å². The van der Waals surface area contributed by atoms with Crippen molar-refractivity contribution in [3.8, 4) is 5.75 Å². The van der Waals surface area contributed by atoms with Gasteiger partial charge in [0.05, 0.1) is 19.3 Å². The van der Waals surface area contributed by atoms with Crippen LogP contribution in [0.1, 0.15) is 32.3 Å². The highest BCUT2D eigenvalue weighted by atomic mass is 19.2. The molecule has 0 radical (unpaired) electrons. The van der Waals surface area contributed by atoms with Gasteiger partial charge in [0, 0.05) is 11.5 Å². The van der Waals surface area contributed by atoms with E-state index in [-0.39, 0.29) is 23.2 Å². The molecule has 0 unspecified atom stereocenters. The van der Waals surface area contributed by atoms with Crippen LogP contribution < -0.4 is 4.74 Å². The van der Waals surface area contributed by atoms with Gasteiger partial charge in [0.15, 0.2) is 11.6 Å². The van der Waals surface area contributed by atoms with E-state index in [1.54, 1.807) is 6.07 Å². The van der Waals surface area contributed by atoms with Crippen molar-refractivity contribution in [2.45, 2.75) is 32.3 Å². The fraction of sp³-hybridized carbons (Fsp3) is 0.571. The van der Waals surface area contributed by atoms with Crippen LogP contribution in [0.15, 0.2) is 12.1 Å². The quantitative estimate of drug-likeness (QED) is 0.806. The van der Waals surface area contributed by atoms with Crippen LogP contribution in [0.4, 0.5) is 8.78 Å². The third-order valence-corrected chi connectivity index (χ3v) is 4.02. The molecule has 0 aliphatic carbocycles. The van der Waals surface area contributed by atoms with Crippen molar-refractivity contribution < 1.29 is 18.3 Å². The first-order valence-electron chi connectivity index (χ1n) is 6.04. The Morgan fingerprint density at radius 2 is 2.00 bits per heavy atom. The highest BCUT2D eigenvalue weighted by Gasteiger charge is 2.42. The normalized spacial score (nSPS) is 26.3. The van der Waals surface area contributed by atoms with E-state index < -0.39 is 11.6 Å². The van der Waals surface area contributed by atoms with Gasteiger partial charge in [-0.3, -0.25) is 0 Å². The number of benzene rings is 1. The molecule has 100 valence electrons. The van der Waals surface area contributed by atoms with Gasteiger partial charge in [-0.2, -0.15) is 4.39 Å². The molecule has 4 heteroatoms. The number of ether oxygens (including phenoxy) is 2. The van der Waals surface area contributed by atoms with E-state index in [0.29, 0.717) is 12.2 Å². The minimum atomic E-state index is -0.924. The lowest BCUT2D eigenvalue weighted by atomic mass is 9.81. The van der Waals surface area contributed by atoms with Gasteiger partial charge in [0.25, 0.3) is 0 Å². The van der Waals surface area contributed by atoms with Gasteiger partial charge in [-0.15, -0.1) is 0 Å². The zero-order valence-electron chi connectivity index (χ0n) is 11.1. The smallest absolute Gasteiger partial charge is 0.200 e. The van der Waals surface area contributed by atoms with Gasteiger partial charge in [0.1, 0.15) is 0 Å². The molecule has 0 aromatic heterocycles. The van der Waals surface area contributed by atoms with E-state index in [4.69, 9.17) is 9.47 Å². The molecule has 1 fully saturated rings. The highest BCUT2D eigenvalue weighted by Crippen LogP contribution is 2.45. The molecule has 2 nitrogen and oxygen atoms in total. The maximum absolute atomic E-state index is 13.7. The Morgan fingerprint density at radius 1 is 1.33 bits per heavy atom. The molecule has 0 amide bonds. The topological polar surface area (TPSA) is 18.5 Å². The largest absolute Gasteiger partial charge is 0.493 e. The second-order valence-corrected chi connectivity index (χ2v) is 5.29. The number of methoxy groups -OCH3 is 1. The maximum Gasteiger partial charge on any atom is 0.200 e. The van der Waals surface area contributed by atoms with E-state index in [0.717, 1.165) is 6.07 Å². The van der Waals surface area contributed by atoms with Gasteiger partial charge < -0.3 is 9.47 Å². The van der Waals surface area contributed by atoms with Crippen molar-refractivity contribution in [1.82, 2.24) is 0 Å². The lowest BCUT2D eigenvalue weighted by Gasteiger charge is -2.25. The first kappa shape index (κ1) is 13.3. The van der Waals surface area contributed by atoms with Crippen LogP contribution in [0.2, 0.25) is 0 Å². The first-order valence-corrected chi connectivity index (χ1v) is 6.04. The molecule has 1 aromatic carbocycles. The molecule has 1 aliphatic heterocycles. The van der Waals surface area contributed by atoms with Crippen molar-refractivity contribution in [3.05, 3.63) is 29.3 Å². The Hall–Kier alpha value is -1.16. The van der Waals surface area contributed by atoms with Crippen LogP contribution in [0, 0.1) is 17.6 Å². The molecule has 1 aromatic rings. The molecule has 1 saturated heterocycles. The SMILES string of the molecule is COc1c([C@@H]2COC(C)(C)[C@H]2C)ccc(F)c1F. The Bertz CT molecular complexity index is 457. The van der Waals surface area contributed by atoms with E-state index >= 15 is 0 Å². The first-order chi connectivity index (χ1) is 8.38. The number of halogens is 2. The van der Waals surface area contributed by atoms with Crippen LogP contribution in [0.5, 0.6) is 5.75 Å². The molecule has 1 aliphatic rings. The molecule has 0 saturated carbocycles. The summed E-state index contributed by atoms with van der Waals surface area (Å²) in [4.78, 5) is 0. The van der Waals surface area contributed by atoms with Crippen molar-refractivity contribution >= 4 is 0 Å². The monoisotopic (exact) mass is 256 g/mol. The zero-order chi connectivity index (χ0) is 13.5. The standard InChI is InChI=1S/C14H18F2O2/c1-8-10(7-18-14(8,2)3)9-5-6-11(15)12(16)13(9)17-4/h5-6,8,10H,7H2,1-4H3/t8-,10+/m0/s1. The third kappa shape index (κ3) is 1.99. The van der Waals surface area contributed by atoms with Gasteiger partial charge in [0.2, 0.25) is 5.82 Å². The molecular formula is C14H18F2O2. The van der Waals surface area contributed by atoms with Crippen LogP contribution in [0.3, 0.4) is 0 Å². The fourth-order valence-electron chi connectivity index (χ4n) is 2.47. The molecule has 2 atom stereocenters. The van der Waals surface area contributed by atoms with Crippen LogP contribution in [-0.4, -0.2) is 19.3 Å². The zero-order valence-corrected chi connectivity index (χ0v) is 11.1. The predicted octanol–water partition coefficient (Wildman–Crippen LogP) is 3.50. The average molecular weight is 256 g/mol. The summed E-state index contributed by atoms with van der Waals surface area (Å²) in [5.41, 5.74) is 0.412. The van der Waals surface area contributed by atoms with Crippen molar-refractivity contribution in [1.29, 1.82) is 0 Å². The molecular weight excluding hydrogens is 238 g/mol. The minimum Gasteiger partial charge on any atom is -0.493 e. The molecule has 2 rings (SSSR count). The van der Waals surface area contributed by atoms with E-state index in [1.807, 2.05) is 13.8 Å². The minimum absolute atomic E-state index is 0.00634. The van der Waals surface area contributed by atoms with Crippen LogP contribution in [0.25, 0.3) is 0 Å². The summed E-state index contributed by atoms with van der Waals surface area (Å²) in [6.07, 6.45) is 0. The summed E-state index contributed by atoms with van der Waals surface area (Å²) >= 11 is 0. The Balaban J connectivity index is 2.44. The summed E-state index contributed by atoms with van der Waals surface area (Å²) < 4.78 is 37.6. The lowest BCUT2D eigenvalue weighted by Crippen LogP contribution is -2.26. The molecule has 1 heterocycles.